The average Bonchev–Trinajstić information content (AvgIpc) is 3.28. The van der Waals surface area contributed by atoms with Gasteiger partial charge in [-0.1, -0.05) is 222 Å². The predicted molar refractivity (Wildman–Crippen MR) is 270 cm³/mol. The first-order chi connectivity index (χ1) is 31.0. The van der Waals surface area contributed by atoms with E-state index in [-0.39, 0.29) is 31.6 Å². The molecule has 1 unspecified atom stereocenters. The fourth-order valence-corrected chi connectivity index (χ4v) is 7.25. The summed E-state index contributed by atoms with van der Waals surface area (Å²) in [7, 11) is 0. The summed E-state index contributed by atoms with van der Waals surface area (Å²) in [6.45, 7) is 6.40. The number of ether oxygens (including phenoxy) is 3. The molecule has 0 aliphatic carbocycles. The molecule has 0 spiro atoms. The molecule has 63 heavy (non-hydrogen) atoms. The van der Waals surface area contributed by atoms with Crippen molar-refractivity contribution in [3.63, 3.8) is 0 Å². The standard InChI is InChI=1S/C57H98O6/c1-4-7-10-13-16-19-21-23-25-27-29-31-33-35-38-41-44-47-50-56(59)62-53-54(52-61-55(58)49-46-43-40-37-18-15-12-9-6-3)63-57(60)51-48-45-42-39-36-34-32-30-28-26-24-22-20-17-14-11-8-5-2/h9,12,18,25,27,29-32,37,43,46,54H,4-8,10-11,13-17,19-24,26,28,33-36,38-42,44-45,47-53H2,1-3H3/b12-9-,27-25-,31-29-,32-30-,37-18-,46-43-. The van der Waals surface area contributed by atoms with Crippen LogP contribution >= 0.6 is 0 Å². The summed E-state index contributed by atoms with van der Waals surface area (Å²) in [5.74, 6) is -1.06. The van der Waals surface area contributed by atoms with Crippen LogP contribution in [0.15, 0.2) is 72.9 Å². The van der Waals surface area contributed by atoms with E-state index >= 15 is 0 Å². The van der Waals surface area contributed by atoms with Crippen LogP contribution in [0.1, 0.15) is 252 Å². The second-order valence-corrected chi connectivity index (χ2v) is 17.4. The van der Waals surface area contributed by atoms with Crippen molar-refractivity contribution in [1.29, 1.82) is 0 Å². The van der Waals surface area contributed by atoms with E-state index in [0.717, 1.165) is 89.9 Å². The fourth-order valence-electron chi connectivity index (χ4n) is 7.25. The molecule has 0 saturated heterocycles. The predicted octanol–water partition coefficient (Wildman–Crippen LogP) is 17.4. The Labute approximate surface area is 389 Å². The van der Waals surface area contributed by atoms with Crippen LogP contribution in [-0.4, -0.2) is 37.2 Å². The van der Waals surface area contributed by atoms with Gasteiger partial charge in [0.15, 0.2) is 6.10 Å². The first kappa shape index (κ1) is 59.9. The first-order valence-corrected chi connectivity index (χ1v) is 26.5. The van der Waals surface area contributed by atoms with Gasteiger partial charge < -0.3 is 14.2 Å². The number of hydrogen-bond donors (Lipinski definition) is 0. The second kappa shape index (κ2) is 51.5. The zero-order valence-corrected chi connectivity index (χ0v) is 41.3. The molecule has 0 aromatic rings. The van der Waals surface area contributed by atoms with Crippen molar-refractivity contribution >= 4 is 17.9 Å². The SMILES string of the molecule is CC/C=C\C/C=C\C/C=C\CC(=O)OCC(COC(=O)CCCCCCC/C=C\C=C/CCCCCCCCC)OC(=O)CCCCCCC/C=C\CCCCCCCCCCC. The van der Waals surface area contributed by atoms with Gasteiger partial charge in [0.05, 0.1) is 6.42 Å². The molecule has 0 N–H and O–H groups in total. The molecule has 6 heteroatoms. The van der Waals surface area contributed by atoms with E-state index in [9.17, 15) is 14.4 Å². The lowest BCUT2D eigenvalue weighted by molar-refractivity contribution is -0.166. The van der Waals surface area contributed by atoms with Gasteiger partial charge in [-0.25, -0.2) is 0 Å². The molecule has 0 aliphatic rings. The maximum absolute atomic E-state index is 12.8. The smallest absolute Gasteiger partial charge is 0.309 e. The Hall–Kier alpha value is -3.15. The van der Waals surface area contributed by atoms with Crippen LogP contribution in [0.4, 0.5) is 0 Å². The summed E-state index contributed by atoms with van der Waals surface area (Å²) < 4.78 is 16.6. The molecular weight excluding hydrogens is 781 g/mol. The van der Waals surface area contributed by atoms with Crippen LogP contribution in [0, 0.1) is 0 Å². The van der Waals surface area contributed by atoms with Gasteiger partial charge in [0, 0.05) is 12.8 Å². The van der Waals surface area contributed by atoms with Crippen LogP contribution in [-0.2, 0) is 28.6 Å². The molecule has 1 atom stereocenters. The molecule has 0 heterocycles. The van der Waals surface area contributed by atoms with Crippen molar-refractivity contribution in [3.8, 4) is 0 Å². The van der Waals surface area contributed by atoms with Gasteiger partial charge in [-0.05, 0) is 83.5 Å². The molecular formula is C57H98O6. The third kappa shape index (κ3) is 49.7. The molecule has 362 valence electrons. The van der Waals surface area contributed by atoms with Gasteiger partial charge in [0.1, 0.15) is 13.2 Å². The summed E-state index contributed by atoms with van der Waals surface area (Å²) in [6.07, 6.45) is 65.0. The summed E-state index contributed by atoms with van der Waals surface area (Å²) in [4.78, 5) is 37.8. The number of unbranched alkanes of at least 4 members (excludes halogenated alkanes) is 26. The van der Waals surface area contributed by atoms with Crippen LogP contribution in [0.25, 0.3) is 0 Å². The van der Waals surface area contributed by atoms with E-state index in [2.05, 4.69) is 81.5 Å². The zero-order chi connectivity index (χ0) is 45.8. The van der Waals surface area contributed by atoms with Crippen molar-refractivity contribution in [1.82, 2.24) is 0 Å². The van der Waals surface area contributed by atoms with Gasteiger partial charge in [-0.3, -0.25) is 14.4 Å². The normalized spacial score (nSPS) is 12.6. The molecule has 0 aromatic carbocycles. The van der Waals surface area contributed by atoms with Crippen LogP contribution in [0.3, 0.4) is 0 Å². The van der Waals surface area contributed by atoms with E-state index in [4.69, 9.17) is 14.2 Å². The van der Waals surface area contributed by atoms with E-state index in [1.807, 2.05) is 6.08 Å². The fraction of sp³-hybridized carbons (Fsp3) is 0.737. The highest BCUT2D eigenvalue weighted by Gasteiger charge is 2.19. The van der Waals surface area contributed by atoms with E-state index < -0.39 is 12.1 Å². The van der Waals surface area contributed by atoms with Gasteiger partial charge in [-0.2, -0.15) is 0 Å². The van der Waals surface area contributed by atoms with Crippen molar-refractivity contribution < 1.29 is 28.6 Å². The van der Waals surface area contributed by atoms with Crippen molar-refractivity contribution in [2.75, 3.05) is 13.2 Å². The van der Waals surface area contributed by atoms with E-state index in [1.165, 1.54) is 122 Å². The molecule has 0 rings (SSSR count). The highest BCUT2D eigenvalue weighted by molar-refractivity contribution is 5.72. The third-order valence-corrected chi connectivity index (χ3v) is 11.2. The van der Waals surface area contributed by atoms with E-state index in [0.29, 0.717) is 12.8 Å². The molecule has 6 nitrogen and oxygen atoms in total. The summed E-state index contributed by atoms with van der Waals surface area (Å²) in [6, 6.07) is 0. The Morgan fingerprint density at radius 3 is 1.19 bits per heavy atom. The van der Waals surface area contributed by atoms with Crippen LogP contribution in [0.2, 0.25) is 0 Å². The Kier molecular flexibility index (Phi) is 48.9. The van der Waals surface area contributed by atoms with Gasteiger partial charge in [0.2, 0.25) is 0 Å². The Morgan fingerprint density at radius 2 is 0.730 bits per heavy atom. The minimum Gasteiger partial charge on any atom is -0.462 e. The average molecular weight is 879 g/mol. The van der Waals surface area contributed by atoms with Crippen molar-refractivity contribution in [3.05, 3.63) is 72.9 Å². The highest BCUT2D eigenvalue weighted by atomic mass is 16.6. The molecule has 0 amide bonds. The molecule has 0 aromatic heterocycles. The highest BCUT2D eigenvalue weighted by Crippen LogP contribution is 2.14. The molecule has 0 aliphatic heterocycles. The Morgan fingerprint density at radius 1 is 0.365 bits per heavy atom. The molecule has 0 saturated carbocycles. The number of allylic oxidation sites excluding steroid dienone is 11. The Bertz CT molecular complexity index is 1190. The number of esters is 3. The van der Waals surface area contributed by atoms with Gasteiger partial charge >= 0.3 is 17.9 Å². The molecule has 0 fully saturated rings. The lowest BCUT2D eigenvalue weighted by Crippen LogP contribution is -2.30. The number of carbonyl (C=O) groups excluding carboxylic acids is 3. The lowest BCUT2D eigenvalue weighted by Gasteiger charge is -2.18. The summed E-state index contributed by atoms with van der Waals surface area (Å²) >= 11 is 0. The van der Waals surface area contributed by atoms with Crippen LogP contribution < -0.4 is 0 Å². The number of hydrogen-bond acceptors (Lipinski definition) is 6. The minimum atomic E-state index is -0.820. The lowest BCUT2D eigenvalue weighted by atomic mass is 10.1. The zero-order valence-electron chi connectivity index (χ0n) is 41.3. The van der Waals surface area contributed by atoms with Crippen LogP contribution in [0.5, 0.6) is 0 Å². The number of rotatable bonds is 47. The molecule has 0 bridgehead atoms. The van der Waals surface area contributed by atoms with E-state index in [1.54, 1.807) is 6.08 Å². The quantitative estimate of drug-likeness (QED) is 0.0199. The van der Waals surface area contributed by atoms with Gasteiger partial charge in [-0.15, -0.1) is 0 Å². The monoisotopic (exact) mass is 879 g/mol. The maximum atomic E-state index is 12.8. The first-order valence-electron chi connectivity index (χ1n) is 26.5. The Balaban J connectivity index is 4.39. The van der Waals surface area contributed by atoms with Crippen molar-refractivity contribution in [2.45, 2.75) is 258 Å². The van der Waals surface area contributed by atoms with Crippen molar-refractivity contribution in [2.24, 2.45) is 0 Å². The topological polar surface area (TPSA) is 78.9 Å². The maximum Gasteiger partial charge on any atom is 0.309 e. The summed E-state index contributed by atoms with van der Waals surface area (Å²) in [5.41, 5.74) is 0. The molecule has 0 radical (unpaired) electrons. The number of carbonyl (C=O) groups is 3. The minimum absolute atomic E-state index is 0.114. The largest absolute Gasteiger partial charge is 0.462 e. The second-order valence-electron chi connectivity index (χ2n) is 17.4. The van der Waals surface area contributed by atoms with Gasteiger partial charge in [0.25, 0.3) is 0 Å². The summed E-state index contributed by atoms with van der Waals surface area (Å²) in [5, 5.41) is 0. The third-order valence-electron chi connectivity index (χ3n) is 11.2.